The average Bonchev–Trinajstić information content (AvgIpc) is 3.04. The van der Waals surface area contributed by atoms with Crippen LogP contribution in [0.1, 0.15) is 30.4 Å². The van der Waals surface area contributed by atoms with Gasteiger partial charge in [0.2, 0.25) is 5.91 Å². The van der Waals surface area contributed by atoms with E-state index in [0.717, 1.165) is 4.68 Å². The second kappa shape index (κ2) is 7.77. The Labute approximate surface area is 155 Å². The van der Waals surface area contributed by atoms with Crippen molar-refractivity contribution in [2.75, 3.05) is 0 Å². The first kappa shape index (κ1) is 19.8. The van der Waals surface area contributed by atoms with Crippen LogP contribution in [0.5, 0.6) is 0 Å². The fraction of sp³-hybridized carbons (Fsp3) is 0.500. The van der Waals surface area contributed by atoms with E-state index in [9.17, 15) is 18.0 Å². The molecule has 2 heterocycles. The summed E-state index contributed by atoms with van der Waals surface area (Å²) in [6.07, 6.45) is -3.06. The fourth-order valence-electron chi connectivity index (χ4n) is 2.24. The summed E-state index contributed by atoms with van der Waals surface area (Å²) in [4.78, 5) is 12.0. The van der Waals surface area contributed by atoms with Crippen molar-refractivity contribution in [1.82, 2.24) is 24.9 Å². The monoisotopic (exact) mass is 441 g/mol. The molecule has 0 bridgehead atoms. The zero-order valence-corrected chi connectivity index (χ0v) is 15.8. The van der Waals surface area contributed by atoms with Crippen molar-refractivity contribution < 1.29 is 18.0 Å². The summed E-state index contributed by atoms with van der Waals surface area (Å²) < 4.78 is 41.2. The number of hydrogen-bond acceptors (Lipinski definition) is 3. The van der Waals surface area contributed by atoms with E-state index < -0.39 is 11.9 Å². The second-order valence-electron chi connectivity index (χ2n) is 5.25. The first-order chi connectivity index (χ1) is 11.6. The molecular weight excluding hydrogens is 427 g/mol. The molecule has 25 heavy (non-hydrogen) atoms. The molecule has 0 atom stereocenters. The standard InChI is InChI=1S/C14H16BrClF3N5O/c1-3-23-10(9(16)6-21-23)7-20-11(25)4-5-24-8(2)12(15)13(22-24)14(17,18)19/h6H,3-5,7H2,1-2H3,(H,20,25). The highest BCUT2D eigenvalue weighted by atomic mass is 79.9. The topological polar surface area (TPSA) is 64.7 Å². The second-order valence-corrected chi connectivity index (χ2v) is 6.45. The molecule has 0 fully saturated rings. The summed E-state index contributed by atoms with van der Waals surface area (Å²) in [6.45, 7) is 4.24. The highest BCUT2D eigenvalue weighted by Gasteiger charge is 2.37. The maximum Gasteiger partial charge on any atom is 0.436 e. The molecule has 0 spiro atoms. The van der Waals surface area contributed by atoms with Gasteiger partial charge in [0.1, 0.15) is 0 Å². The predicted octanol–water partition coefficient (Wildman–Crippen LogP) is 3.55. The lowest BCUT2D eigenvalue weighted by molar-refractivity contribution is -0.142. The van der Waals surface area contributed by atoms with E-state index in [1.54, 1.807) is 4.68 Å². The number of rotatable bonds is 6. The third kappa shape index (κ3) is 4.55. The lowest BCUT2D eigenvalue weighted by atomic mass is 10.3. The van der Waals surface area contributed by atoms with Gasteiger partial charge in [-0.3, -0.25) is 14.2 Å². The third-order valence-electron chi connectivity index (χ3n) is 3.60. The Morgan fingerprint density at radius 1 is 1.40 bits per heavy atom. The highest BCUT2D eigenvalue weighted by molar-refractivity contribution is 9.10. The molecule has 6 nitrogen and oxygen atoms in total. The molecule has 2 aromatic rings. The number of amides is 1. The van der Waals surface area contributed by atoms with Crippen LogP contribution in [0.4, 0.5) is 13.2 Å². The molecule has 0 aliphatic heterocycles. The van der Waals surface area contributed by atoms with Crippen LogP contribution in [0.3, 0.4) is 0 Å². The van der Waals surface area contributed by atoms with Gasteiger partial charge in [-0.25, -0.2) is 0 Å². The van der Waals surface area contributed by atoms with E-state index in [1.807, 2.05) is 6.92 Å². The number of nitrogens with zero attached hydrogens (tertiary/aromatic N) is 4. The number of aryl methyl sites for hydroxylation is 2. The molecule has 1 amide bonds. The Balaban J connectivity index is 1.96. The molecule has 138 valence electrons. The lowest BCUT2D eigenvalue weighted by Crippen LogP contribution is -2.26. The van der Waals surface area contributed by atoms with Gasteiger partial charge >= 0.3 is 6.18 Å². The van der Waals surface area contributed by atoms with Crippen molar-refractivity contribution in [3.8, 4) is 0 Å². The molecule has 0 aliphatic rings. The number of halogens is 5. The summed E-state index contributed by atoms with van der Waals surface area (Å²) in [5.41, 5.74) is -0.00819. The smallest absolute Gasteiger partial charge is 0.350 e. The zero-order valence-electron chi connectivity index (χ0n) is 13.5. The summed E-state index contributed by atoms with van der Waals surface area (Å²) in [6, 6.07) is 0. The minimum atomic E-state index is -4.55. The molecule has 0 aliphatic carbocycles. The lowest BCUT2D eigenvalue weighted by Gasteiger charge is -2.08. The summed E-state index contributed by atoms with van der Waals surface area (Å²) in [7, 11) is 0. The van der Waals surface area contributed by atoms with Gasteiger partial charge in [-0.2, -0.15) is 23.4 Å². The van der Waals surface area contributed by atoms with Gasteiger partial charge in [0, 0.05) is 13.0 Å². The first-order valence-corrected chi connectivity index (χ1v) is 8.59. The molecule has 2 rings (SSSR count). The number of carbonyl (C=O) groups excluding carboxylic acids is 1. The Morgan fingerprint density at radius 3 is 2.64 bits per heavy atom. The summed E-state index contributed by atoms with van der Waals surface area (Å²) in [5.74, 6) is -0.320. The molecule has 0 saturated carbocycles. The zero-order chi connectivity index (χ0) is 18.8. The number of carbonyl (C=O) groups is 1. The maximum absolute atomic E-state index is 12.8. The quantitative estimate of drug-likeness (QED) is 0.744. The predicted molar refractivity (Wildman–Crippen MR) is 89.0 cm³/mol. The van der Waals surface area contributed by atoms with Crippen molar-refractivity contribution in [2.24, 2.45) is 0 Å². The molecule has 1 N–H and O–H groups in total. The van der Waals surface area contributed by atoms with Crippen LogP contribution in [-0.2, 0) is 30.6 Å². The Kier molecular flexibility index (Phi) is 6.15. The molecule has 11 heteroatoms. The van der Waals surface area contributed by atoms with Crippen LogP contribution >= 0.6 is 27.5 Å². The van der Waals surface area contributed by atoms with Gasteiger partial charge in [-0.1, -0.05) is 11.6 Å². The first-order valence-electron chi connectivity index (χ1n) is 7.42. The van der Waals surface area contributed by atoms with Gasteiger partial charge in [0.05, 0.1) is 40.2 Å². The average molecular weight is 443 g/mol. The van der Waals surface area contributed by atoms with Crippen LogP contribution in [0, 0.1) is 6.92 Å². The van der Waals surface area contributed by atoms with Gasteiger partial charge < -0.3 is 5.32 Å². The molecule has 0 radical (unpaired) electrons. The van der Waals surface area contributed by atoms with Gasteiger partial charge in [-0.15, -0.1) is 0 Å². The van der Waals surface area contributed by atoms with Crippen molar-refractivity contribution in [2.45, 2.75) is 46.1 Å². The normalized spacial score (nSPS) is 11.8. The third-order valence-corrected chi connectivity index (χ3v) is 4.87. The minimum absolute atomic E-state index is 0.00978. The van der Waals surface area contributed by atoms with Gasteiger partial charge in [0.15, 0.2) is 5.69 Å². The fourth-order valence-corrected chi connectivity index (χ4v) is 2.95. The van der Waals surface area contributed by atoms with E-state index in [-0.39, 0.29) is 29.9 Å². The van der Waals surface area contributed by atoms with E-state index >= 15 is 0 Å². The summed E-state index contributed by atoms with van der Waals surface area (Å²) in [5, 5.41) is 10.7. The molecule has 0 aromatic carbocycles. The van der Waals surface area contributed by atoms with Crippen molar-refractivity contribution in [3.05, 3.63) is 32.8 Å². The van der Waals surface area contributed by atoms with Crippen LogP contribution in [0.15, 0.2) is 10.7 Å². The van der Waals surface area contributed by atoms with E-state index in [1.165, 1.54) is 13.1 Å². The van der Waals surface area contributed by atoms with E-state index in [0.29, 0.717) is 23.0 Å². The molecule has 0 unspecified atom stereocenters. The SMILES string of the molecule is CCn1ncc(Cl)c1CNC(=O)CCn1nc(C(F)(F)F)c(Br)c1C. The van der Waals surface area contributed by atoms with Crippen molar-refractivity contribution >= 4 is 33.4 Å². The molecular formula is C14H16BrClF3N5O. The van der Waals surface area contributed by atoms with Crippen molar-refractivity contribution in [1.29, 1.82) is 0 Å². The van der Waals surface area contributed by atoms with Crippen molar-refractivity contribution in [3.63, 3.8) is 0 Å². The molecule has 2 aromatic heterocycles. The number of alkyl halides is 3. The van der Waals surface area contributed by atoms with Gasteiger partial charge in [0.25, 0.3) is 0 Å². The number of nitrogens with one attached hydrogen (secondary N) is 1. The molecule has 0 saturated heterocycles. The van der Waals surface area contributed by atoms with Crippen LogP contribution < -0.4 is 5.32 Å². The Morgan fingerprint density at radius 2 is 2.08 bits per heavy atom. The van der Waals surface area contributed by atoms with E-state index in [2.05, 4.69) is 31.4 Å². The van der Waals surface area contributed by atoms with Crippen LogP contribution in [0.2, 0.25) is 5.02 Å². The maximum atomic E-state index is 12.8. The number of aromatic nitrogens is 4. The van der Waals surface area contributed by atoms with Crippen LogP contribution in [0.25, 0.3) is 0 Å². The van der Waals surface area contributed by atoms with Crippen LogP contribution in [-0.4, -0.2) is 25.5 Å². The Bertz CT molecular complexity index is 771. The Hall–Kier alpha value is -1.55. The summed E-state index contributed by atoms with van der Waals surface area (Å²) >= 11 is 8.90. The van der Waals surface area contributed by atoms with E-state index in [4.69, 9.17) is 11.6 Å². The number of hydrogen-bond donors (Lipinski definition) is 1. The minimum Gasteiger partial charge on any atom is -0.350 e. The highest BCUT2D eigenvalue weighted by Crippen LogP contribution is 2.35. The largest absolute Gasteiger partial charge is 0.436 e. The van der Waals surface area contributed by atoms with Gasteiger partial charge in [-0.05, 0) is 29.8 Å².